The molecule has 1 atom stereocenters. The number of nitriles is 1. The van der Waals surface area contributed by atoms with E-state index in [2.05, 4.69) is 16.0 Å². The topological polar surface area (TPSA) is 137 Å². The van der Waals surface area contributed by atoms with Crippen LogP contribution in [-0.4, -0.2) is 61.7 Å². The van der Waals surface area contributed by atoms with Crippen LogP contribution in [0.3, 0.4) is 0 Å². The molecule has 0 aromatic heterocycles. The summed E-state index contributed by atoms with van der Waals surface area (Å²) in [4.78, 5) is 13.6. The molecule has 0 aliphatic carbocycles. The molecule has 2 heterocycles. The fourth-order valence-corrected chi connectivity index (χ4v) is 3.81. The second kappa shape index (κ2) is 10.7. The number of rotatable bonds is 7. The Bertz CT molecular complexity index is 1050. The van der Waals surface area contributed by atoms with Crippen LogP contribution >= 0.6 is 0 Å². The Balaban J connectivity index is 1.84. The van der Waals surface area contributed by atoms with Crippen LogP contribution in [0.15, 0.2) is 35.7 Å². The number of halogens is 1. The summed E-state index contributed by atoms with van der Waals surface area (Å²) in [6.45, 7) is 3.57. The zero-order chi connectivity index (χ0) is 24.0. The number of hydrogen-bond acceptors (Lipinski definition) is 7. The van der Waals surface area contributed by atoms with Crippen molar-refractivity contribution in [3.05, 3.63) is 47.0 Å². The van der Waals surface area contributed by atoms with Crippen LogP contribution in [0.25, 0.3) is 5.57 Å². The number of carbonyl (C=O) groups excluding carboxylic acids is 1. The molecule has 0 bridgehead atoms. The van der Waals surface area contributed by atoms with Crippen LogP contribution in [0.4, 0.5) is 10.1 Å². The fourth-order valence-electron chi connectivity index (χ4n) is 3.81. The zero-order valence-corrected chi connectivity index (χ0v) is 18.7. The lowest BCUT2D eigenvalue weighted by atomic mass is 10.0. The van der Waals surface area contributed by atoms with E-state index in [4.69, 9.17) is 20.8 Å². The van der Waals surface area contributed by atoms with Gasteiger partial charge in [-0.05, 0) is 24.1 Å². The van der Waals surface area contributed by atoms with Crippen LogP contribution in [0, 0.1) is 28.0 Å². The first kappa shape index (κ1) is 23.9. The van der Waals surface area contributed by atoms with Gasteiger partial charge in [0.2, 0.25) is 5.91 Å². The van der Waals surface area contributed by atoms with E-state index in [1.54, 1.807) is 24.1 Å². The first-order valence-corrected chi connectivity index (χ1v) is 10.7. The number of nitrogens with zero attached hydrogens (tertiary/aromatic N) is 2. The average molecular weight is 454 g/mol. The minimum atomic E-state index is -0.622. The SMILES string of the molecule is CN/C=C(\C(=N)C#N)c1ccc(NC(=N)C2=C(NC3CCOC3)CCN(C(C)=O)C2)c(F)c1. The van der Waals surface area contributed by atoms with Crippen molar-refractivity contribution in [3.63, 3.8) is 0 Å². The third-order valence-corrected chi connectivity index (χ3v) is 5.61. The summed E-state index contributed by atoms with van der Waals surface area (Å²) >= 11 is 0. The molecule has 1 aromatic rings. The lowest BCUT2D eigenvalue weighted by molar-refractivity contribution is -0.128. The quantitative estimate of drug-likeness (QED) is 0.317. The van der Waals surface area contributed by atoms with Gasteiger partial charge >= 0.3 is 0 Å². The normalized spacial score (nSPS) is 18.5. The number of ether oxygens (including phenoxy) is 1. The van der Waals surface area contributed by atoms with E-state index >= 15 is 0 Å². The number of benzene rings is 1. The Labute approximate surface area is 192 Å². The van der Waals surface area contributed by atoms with Gasteiger partial charge in [-0.25, -0.2) is 4.39 Å². The van der Waals surface area contributed by atoms with Crippen LogP contribution in [0.2, 0.25) is 0 Å². The Morgan fingerprint density at radius 3 is 2.79 bits per heavy atom. The van der Waals surface area contributed by atoms with E-state index in [0.29, 0.717) is 37.3 Å². The van der Waals surface area contributed by atoms with Gasteiger partial charge in [0, 0.05) is 56.6 Å². The van der Waals surface area contributed by atoms with Gasteiger partial charge in [-0.3, -0.25) is 15.6 Å². The molecular formula is C23H28FN7O2. The molecule has 1 saturated heterocycles. The average Bonchev–Trinajstić information content (AvgIpc) is 3.31. The van der Waals surface area contributed by atoms with Crippen LogP contribution in [0.1, 0.15) is 25.3 Å². The second-order valence-corrected chi connectivity index (χ2v) is 7.88. The van der Waals surface area contributed by atoms with Crippen molar-refractivity contribution in [2.45, 2.75) is 25.8 Å². The standard InChI is InChI=1S/C23H28FN7O2/c1-14(32)31-7-5-21(29-16-6-8-33-13-16)18(12-31)23(27)30-22-4-3-15(9-19(22)24)17(11-28-2)20(26)10-25/h3-4,9,11,16,26,28-29H,5-8,12-13H2,1-2H3,(H2,27,30)/b17-11-,26-20?. The van der Waals surface area contributed by atoms with Crippen molar-refractivity contribution in [3.8, 4) is 6.07 Å². The Hall–Kier alpha value is -3.71. The molecule has 1 amide bonds. The highest BCUT2D eigenvalue weighted by Gasteiger charge is 2.26. The predicted octanol–water partition coefficient (Wildman–Crippen LogP) is 2.20. The molecule has 10 heteroatoms. The van der Waals surface area contributed by atoms with E-state index in [1.165, 1.54) is 25.3 Å². The summed E-state index contributed by atoms with van der Waals surface area (Å²) in [5, 5.41) is 34.5. The summed E-state index contributed by atoms with van der Waals surface area (Å²) in [5.41, 5.74) is 1.90. The van der Waals surface area contributed by atoms with Crippen molar-refractivity contribution in [1.29, 1.82) is 16.1 Å². The summed E-state index contributed by atoms with van der Waals surface area (Å²) in [7, 11) is 1.63. The molecule has 9 nitrogen and oxygen atoms in total. The van der Waals surface area contributed by atoms with Gasteiger partial charge in [-0.2, -0.15) is 5.26 Å². The fraction of sp³-hybridized carbons (Fsp3) is 0.391. The van der Waals surface area contributed by atoms with E-state index in [9.17, 15) is 9.18 Å². The monoisotopic (exact) mass is 453 g/mol. The number of amides is 1. The van der Waals surface area contributed by atoms with Crippen molar-refractivity contribution in [2.75, 3.05) is 38.7 Å². The minimum Gasteiger partial charge on any atom is -0.393 e. The van der Waals surface area contributed by atoms with Gasteiger partial charge in [-0.1, -0.05) is 6.07 Å². The van der Waals surface area contributed by atoms with Gasteiger partial charge in [0.05, 0.1) is 24.9 Å². The summed E-state index contributed by atoms with van der Waals surface area (Å²) in [6, 6.07) is 6.17. The molecule has 0 spiro atoms. The molecule has 174 valence electrons. The van der Waals surface area contributed by atoms with Crippen molar-refractivity contribution in [1.82, 2.24) is 15.5 Å². The van der Waals surface area contributed by atoms with Gasteiger partial charge in [0.15, 0.2) is 0 Å². The van der Waals surface area contributed by atoms with Crippen LogP contribution in [0.5, 0.6) is 0 Å². The first-order chi connectivity index (χ1) is 15.8. The predicted molar refractivity (Wildman–Crippen MR) is 124 cm³/mol. The highest BCUT2D eigenvalue weighted by Crippen LogP contribution is 2.24. The molecule has 2 aliphatic rings. The Kier molecular flexibility index (Phi) is 7.79. The summed E-state index contributed by atoms with van der Waals surface area (Å²) in [6.07, 6.45) is 2.90. The minimum absolute atomic E-state index is 0.00442. The smallest absolute Gasteiger partial charge is 0.219 e. The maximum Gasteiger partial charge on any atom is 0.219 e. The largest absolute Gasteiger partial charge is 0.393 e. The lowest BCUT2D eigenvalue weighted by Gasteiger charge is -2.32. The van der Waals surface area contributed by atoms with Gasteiger partial charge in [-0.15, -0.1) is 0 Å². The molecule has 1 aromatic carbocycles. The molecule has 5 N–H and O–H groups in total. The second-order valence-electron chi connectivity index (χ2n) is 7.88. The number of hydrogen-bond donors (Lipinski definition) is 5. The molecule has 0 radical (unpaired) electrons. The van der Waals surface area contributed by atoms with Crippen LogP contribution in [-0.2, 0) is 9.53 Å². The van der Waals surface area contributed by atoms with Crippen molar-refractivity contribution in [2.24, 2.45) is 0 Å². The molecule has 1 unspecified atom stereocenters. The number of allylic oxidation sites excluding steroid dienone is 1. The van der Waals surface area contributed by atoms with E-state index < -0.39 is 5.82 Å². The molecule has 0 saturated carbocycles. The summed E-state index contributed by atoms with van der Waals surface area (Å²) < 4.78 is 20.3. The Morgan fingerprint density at radius 1 is 1.39 bits per heavy atom. The van der Waals surface area contributed by atoms with Crippen molar-refractivity contribution < 1.29 is 13.9 Å². The maximum atomic E-state index is 14.9. The van der Waals surface area contributed by atoms with Crippen LogP contribution < -0.4 is 16.0 Å². The van der Waals surface area contributed by atoms with Crippen molar-refractivity contribution >= 4 is 28.7 Å². The Morgan fingerprint density at radius 2 is 2.18 bits per heavy atom. The van der Waals surface area contributed by atoms with Gasteiger partial charge in [0.1, 0.15) is 23.4 Å². The highest BCUT2D eigenvalue weighted by molar-refractivity contribution is 6.29. The third-order valence-electron chi connectivity index (χ3n) is 5.61. The molecule has 33 heavy (non-hydrogen) atoms. The highest BCUT2D eigenvalue weighted by atomic mass is 19.1. The van der Waals surface area contributed by atoms with Gasteiger partial charge < -0.3 is 25.6 Å². The van der Waals surface area contributed by atoms with E-state index in [1.807, 2.05) is 0 Å². The number of carbonyl (C=O) groups is 1. The molecular weight excluding hydrogens is 425 g/mol. The lowest BCUT2D eigenvalue weighted by Crippen LogP contribution is -2.42. The molecule has 1 fully saturated rings. The molecule has 2 aliphatic heterocycles. The zero-order valence-electron chi connectivity index (χ0n) is 18.7. The summed E-state index contributed by atoms with van der Waals surface area (Å²) in [5.74, 6) is -0.698. The number of anilines is 1. The number of nitrogens with one attached hydrogen (secondary N) is 5. The number of amidine groups is 1. The maximum absolute atomic E-state index is 14.9. The molecule has 3 rings (SSSR count). The van der Waals surface area contributed by atoms with E-state index in [0.717, 1.165) is 12.1 Å². The third kappa shape index (κ3) is 5.75. The van der Waals surface area contributed by atoms with E-state index in [-0.39, 0.29) is 41.3 Å². The first-order valence-electron chi connectivity index (χ1n) is 10.7. The van der Waals surface area contributed by atoms with Gasteiger partial charge in [0.25, 0.3) is 0 Å².